The van der Waals surface area contributed by atoms with E-state index in [9.17, 15) is 4.79 Å². The van der Waals surface area contributed by atoms with Gasteiger partial charge in [-0.15, -0.1) is 0 Å². The Kier molecular flexibility index (Phi) is 12.2. The van der Waals surface area contributed by atoms with Gasteiger partial charge in [-0.25, -0.2) is 0 Å². The number of rotatable bonds is 12. The van der Waals surface area contributed by atoms with Gasteiger partial charge in [0.1, 0.15) is 5.78 Å². The zero-order chi connectivity index (χ0) is 25.2. The van der Waals surface area contributed by atoms with Gasteiger partial charge in [0, 0.05) is 11.8 Å². The average Bonchev–Trinajstić information content (AvgIpc) is 2.94. The second-order valence-corrected chi connectivity index (χ2v) is 14.1. The van der Waals surface area contributed by atoms with E-state index in [0.29, 0.717) is 23.7 Å². The van der Waals surface area contributed by atoms with E-state index >= 15 is 0 Å². The molecule has 0 radical (unpaired) electrons. The molecule has 2 atom stereocenters. The molecule has 208 valence electrons. The molecule has 1 heteroatoms. The fourth-order valence-electron chi connectivity index (χ4n) is 9.57. The summed E-state index contributed by atoms with van der Waals surface area (Å²) in [4.78, 5) is 14.9. The molecule has 4 aliphatic carbocycles. The van der Waals surface area contributed by atoms with Crippen LogP contribution in [0.1, 0.15) is 168 Å². The van der Waals surface area contributed by atoms with Crippen LogP contribution < -0.4 is 0 Å². The Hall–Kier alpha value is -0.330. The minimum atomic E-state index is 0.419. The maximum absolute atomic E-state index is 14.9. The maximum Gasteiger partial charge on any atom is 0.140 e. The second-order valence-electron chi connectivity index (χ2n) is 14.1. The third-order valence-electron chi connectivity index (χ3n) is 11.7. The van der Waals surface area contributed by atoms with Crippen molar-refractivity contribution in [2.24, 2.45) is 47.3 Å². The van der Waals surface area contributed by atoms with E-state index in [2.05, 4.69) is 13.8 Å². The summed E-state index contributed by atoms with van der Waals surface area (Å²) in [5.74, 6) is 6.43. The minimum Gasteiger partial charge on any atom is -0.299 e. The van der Waals surface area contributed by atoms with E-state index in [1.54, 1.807) is 0 Å². The highest BCUT2D eigenvalue weighted by atomic mass is 16.1. The molecule has 2 unspecified atom stereocenters. The summed E-state index contributed by atoms with van der Waals surface area (Å²) in [5.41, 5.74) is 0. The van der Waals surface area contributed by atoms with Crippen LogP contribution in [0.5, 0.6) is 0 Å². The molecule has 0 saturated heterocycles. The highest BCUT2D eigenvalue weighted by molar-refractivity contribution is 5.84. The minimum absolute atomic E-state index is 0.419. The van der Waals surface area contributed by atoms with Crippen molar-refractivity contribution in [3.63, 3.8) is 0 Å². The first-order valence-corrected chi connectivity index (χ1v) is 17.2. The first kappa shape index (κ1) is 28.7. The van der Waals surface area contributed by atoms with E-state index < -0.39 is 0 Å². The summed E-state index contributed by atoms with van der Waals surface area (Å²) in [7, 11) is 0. The number of unbranched alkanes of at least 4 members (excludes halogenated alkanes) is 2. The monoisotopic (exact) mass is 498 g/mol. The van der Waals surface area contributed by atoms with E-state index in [0.717, 1.165) is 29.5 Å². The van der Waals surface area contributed by atoms with Crippen LogP contribution in [0.3, 0.4) is 0 Å². The molecule has 36 heavy (non-hydrogen) atoms. The number of hydrogen-bond acceptors (Lipinski definition) is 1. The normalized spacial score (nSPS) is 32.7. The van der Waals surface area contributed by atoms with E-state index in [1.807, 2.05) is 0 Å². The highest BCUT2D eigenvalue weighted by Crippen LogP contribution is 2.49. The van der Waals surface area contributed by atoms with Crippen molar-refractivity contribution in [3.05, 3.63) is 0 Å². The Morgan fingerprint density at radius 3 is 1.17 bits per heavy atom. The molecule has 1 nitrogen and oxygen atoms in total. The third kappa shape index (κ3) is 7.85. The van der Waals surface area contributed by atoms with E-state index in [1.165, 1.54) is 154 Å². The van der Waals surface area contributed by atoms with Crippen LogP contribution in [-0.2, 0) is 4.79 Å². The van der Waals surface area contributed by atoms with Gasteiger partial charge >= 0.3 is 0 Å². The number of carbonyl (C=O) groups is 1. The van der Waals surface area contributed by atoms with Crippen molar-refractivity contribution in [1.29, 1.82) is 0 Å². The van der Waals surface area contributed by atoms with Gasteiger partial charge in [0.15, 0.2) is 0 Å². The van der Waals surface area contributed by atoms with Crippen LogP contribution in [0.15, 0.2) is 0 Å². The predicted molar refractivity (Wildman–Crippen MR) is 155 cm³/mol. The molecule has 0 heterocycles. The van der Waals surface area contributed by atoms with Gasteiger partial charge in [0.2, 0.25) is 0 Å². The lowest BCUT2D eigenvalue weighted by Gasteiger charge is -2.44. The number of hydrogen-bond donors (Lipinski definition) is 0. The highest BCUT2D eigenvalue weighted by Gasteiger charge is 2.45. The lowest BCUT2D eigenvalue weighted by Crippen LogP contribution is -2.43. The summed E-state index contributed by atoms with van der Waals surface area (Å²) in [6, 6.07) is 0. The number of Topliss-reactive ketones (excluding diaryl/α,β-unsaturated/α-hetero) is 1. The zero-order valence-corrected chi connectivity index (χ0v) is 24.5. The van der Waals surface area contributed by atoms with Crippen LogP contribution in [0, 0.1) is 47.3 Å². The van der Waals surface area contributed by atoms with Crippen molar-refractivity contribution in [3.8, 4) is 0 Å². The fourth-order valence-corrected chi connectivity index (χ4v) is 9.57. The Balaban J connectivity index is 1.49. The van der Waals surface area contributed by atoms with Gasteiger partial charge in [-0.2, -0.15) is 0 Å². The standard InChI is InChI=1S/C35H62O/c1-3-5-13-27-19-23-31(24-20-27)33(29-15-9-7-10-16-29)35(36)34(30-17-11-8-12-18-30)32-25-21-28(22-26-32)14-6-4-2/h27-34H,3-26H2,1-2H3/t27-,28-,31-,32-,33?,34?. The molecule has 0 aliphatic heterocycles. The fraction of sp³-hybridized carbons (Fsp3) is 0.971. The summed E-state index contributed by atoms with van der Waals surface area (Å²) in [5, 5.41) is 0. The molecule has 4 saturated carbocycles. The largest absolute Gasteiger partial charge is 0.299 e. The molecule has 4 aliphatic rings. The van der Waals surface area contributed by atoms with Gasteiger partial charge in [-0.05, 0) is 86.9 Å². The van der Waals surface area contributed by atoms with Gasteiger partial charge in [-0.3, -0.25) is 4.79 Å². The first-order chi connectivity index (χ1) is 17.7. The summed E-state index contributed by atoms with van der Waals surface area (Å²) in [6.45, 7) is 4.68. The van der Waals surface area contributed by atoms with E-state index in [-0.39, 0.29) is 0 Å². The molecule has 0 amide bonds. The lowest BCUT2D eigenvalue weighted by molar-refractivity contribution is -0.137. The van der Waals surface area contributed by atoms with Crippen LogP contribution in [0.25, 0.3) is 0 Å². The molecular weight excluding hydrogens is 436 g/mol. The molecule has 4 rings (SSSR count). The molecule has 0 aromatic rings. The second kappa shape index (κ2) is 15.3. The zero-order valence-electron chi connectivity index (χ0n) is 24.5. The molecule has 4 fully saturated rings. The first-order valence-electron chi connectivity index (χ1n) is 17.2. The number of carbonyl (C=O) groups excluding carboxylic acids is 1. The smallest absolute Gasteiger partial charge is 0.140 e. The molecule has 0 aromatic carbocycles. The summed E-state index contributed by atoms with van der Waals surface area (Å²) in [6.07, 6.45) is 33.3. The predicted octanol–water partition coefficient (Wildman–Crippen LogP) is 10.9. The van der Waals surface area contributed by atoms with Crippen LogP contribution in [0.4, 0.5) is 0 Å². The van der Waals surface area contributed by atoms with Crippen LogP contribution in [0.2, 0.25) is 0 Å². The van der Waals surface area contributed by atoms with Gasteiger partial charge in [-0.1, -0.05) is 117 Å². The van der Waals surface area contributed by atoms with Crippen molar-refractivity contribution >= 4 is 5.78 Å². The quantitative estimate of drug-likeness (QED) is 0.261. The summed E-state index contributed by atoms with van der Waals surface area (Å²) >= 11 is 0. The topological polar surface area (TPSA) is 17.1 Å². The molecule has 0 N–H and O–H groups in total. The van der Waals surface area contributed by atoms with Crippen molar-refractivity contribution in [2.75, 3.05) is 0 Å². The van der Waals surface area contributed by atoms with Crippen molar-refractivity contribution < 1.29 is 4.79 Å². The average molecular weight is 499 g/mol. The van der Waals surface area contributed by atoms with Gasteiger partial charge in [0.25, 0.3) is 0 Å². The van der Waals surface area contributed by atoms with Crippen LogP contribution in [-0.4, -0.2) is 5.78 Å². The Bertz CT molecular complexity index is 544. The lowest BCUT2D eigenvalue weighted by atomic mass is 9.59. The summed E-state index contributed by atoms with van der Waals surface area (Å²) < 4.78 is 0. The number of ketones is 1. The van der Waals surface area contributed by atoms with E-state index in [4.69, 9.17) is 0 Å². The SMILES string of the molecule is CCCC[C@H]1CC[C@H](C(C(=O)C(C2CCCCC2)[C@H]2CC[C@H](CCCC)CC2)C2CCCCC2)CC1. The molecule has 0 bridgehead atoms. The van der Waals surface area contributed by atoms with Crippen molar-refractivity contribution in [1.82, 2.24) is 0 Å². The van der Waals surface area contributed by atoms with Gasteiger partial charge in [0.05, 0.1) is 0 Å². The third-order valence-corrected chi connectivity index (χ3v) is 11.7. The molecule has 0 spiro atoms. The Labute approximate surface area is 225 Å². The Morgan fingerprint density at radius 1 is 0.500 bits per heavy atom. The van der Waals surface area contributed by atoms with Gasteiger partial charge < -0.3 is 0 Å². The molecule has 0 aromatic heterocycles. The maximum atomic E-state index is 14.9. The van der Waals surface area contributed by atoms with Crippen molar-refractivity contribution in [2.45, 2.75) is 168 Å². The Morgan fingerprint density at radius 2 is 0.833 bits per heavy atom. The van der Waals surface area contributed by atoms with Crippen LogP contribution >= 0.6 is 0 Å². The molecular formula is C35H62O.